The summed E-state index contributed by atoms with van der Waals surface area (Å²) in [6.07, 6.45) is 2.71. The van der Waals surface area contributed by atoms with Gasteiger partial charge in [0.05, 0.1) is 6.61 Å². The van der Waals surface area contributed by atoms with Crippen LogP contribution in [0.2, 0.25) is 0 Å². The number of nitrogens with one attached hydrogen (secondary N) is 1. The molecule has 0 bridgehead atoms. The third-order valence-corrected chi connectivity index (χ3v) is 2.32. The van der Waals surface area contributed by atoms with E-state index in [0.717, 1.165) is 12.8 Å². The molecule has 0 aromatic rings. The standard InChI is InChI=1S/C9H18N2O2/c1-2-3-5-11-8(12)9(10)4-6-13-7-9/h2-7,10H2,1H3,(H,11,12). The van der Waals surface area contributed by atoms with Crippen molar-refractivity contribution < 1.29 is 9.53 Å². The van der Waals surface area contributed by atoms with Gasteiger partial charge in [-0.3, -0.25) is 4.79 Å². The van der Waals surface area contributed by atoms with Crippen LogP contribution in [0.1, 0.15) is 26.2 Å². The van der Waals surface area contributed by atoms with E-state index < -0.39 is 5.54 Å². The summed E-state index contributed by atoms with van der Waals surface area (Å²) < 4.78 is 5.10. The van der Waals surface area contributed by atoms with Crippen LogP contribution in [0.3, 0.4) is 0 Å². The van der Waals surface area contributed by atoms with Gasteiger partial charge >= 0.3 is 0 Å². The number of hydrogen-bond acceptors (Lipinski definition) is 3. The van der Waals surface area contributed by atoms with Crippen molar-refractivity contribution in [2.75, 3.05) is 19.8 Å². The molecule has 0 aromatic carbocycles. The molecule has 0 aromatic heterocycles. The largest absolute Gasteiger partial charge is 0.379 e. The lowest BCUT2D eigenvalue weighted by molar-refractivity contribution is -0.126. The smallest absolute Gasteiger partial charge is 0.242 e. The van der Waals surface area contributed by atoms with Crippen LogP contribution in [0.15, 0.2) is 0 Å². The van der Waals surface area contributed by atoms with E-state index in [1.807, 2.05) is 0 Å². The van der Waals surface area contributed by atoms with Gasteiger partial charge in [0.25, 0.3) is 0 Å². The number of unbranched alkanes of at least 4 members (excludes halogenated alkanes) is 1. The highest BCUT2D eigenvalue weighted by molar-refractivity contribution is 5.86. The first kappa shape index (κ1) is 10.5. The summed E-state index contributed by atoms with van der Waals surface area (Å²) in [5.41, 5.74) is 5.08. The average Bonchev–Trinajstić information content (AvgIpc) is 2.54. The lowest BCUT2D eigenvalue weighted by Gasteiger charge is -2.20. The van der Waals surface area contributed by atoms with Crippen LogP contribution >= 0.6 is 0 Å². The van der Waals surface area contributed by atoms with Gasteiger partial charge < -0.3 is 15.8 Å². The highest BCUT2D eigenvalue weighted by Gasteiger charge is 2.37. The van der Waals surface area contributed by atoms with Crippen LogP contribution in [0.5, 0.6) is 0 Å². The summed E-state index contributed by atoms with van der Waals surface area (Å²) in [5, 5.41) is 2.82. The maximum atomic E-state index is 11.5. The number of ether oxygens (including phenoxy) is 1. The van der Waals surface area contributed by atoms with E-state index in [4.69, 9.17) is 10.5 Å². The number of hydrogen-bond donors (Lipinski definition) is 2. The molecule has 1 unspecified atom stereocenters. The lowest BCUT2D eigenvalue weighted by atomic mass is 9.99. The maximum Gasteiger partial charge on any atom is 0.242 e. The van der Waals surface area contributed by atoms with E-state index >= 15 is 0 Å². The zero-order valence-corrected chi connectivity index (χ0v) is 8.14. The molecular formula is C9H18N2O2. The van der Waals surface area contributed by atoms with Gasteiger partial charge in [0, 0.05) is 13.2 Å². The summed E-state index contributed by atoms with van der Waals surface area (Å²) >= 11 is 0. The summed E-state index contributed by atoms with van der Waals surface area (Å²) in [4.78, 5) is 11.5. The fourth-order valence-electron chi connectivity index (χ4n) is 1.31. The van der Waals surface area contributed by atoms with Gasteiger partial charge in [-0.15, -0.1) is 0 Å². The Balaban J connectivity index is 2.29. The predicted octanol–water partition coefficient (Wildman–Crippen LogP) is 0.0205. The van der Waals surface area contributed by atoms with Crippen LogP contribution < -0.4 is 11.1 Å². The fraction of sp³-hybridized carbons (Fsp3) is 0.889. The summed E-state index contributed by atoms with van der Waals surface area (Å²) in [6.45, 7) is 3.75. The molecule has 1 aliphatic rings. The Labute approximate surface area is 78.8 Å². The minimum absolute atomic E-state index is 0.0709. The van der Waals surface area contributed by atoms with Gasteiger partial charge in [-0.1, -0.05) is 13.3 Å². The Morgan fingerprint density at radius 2 is 2.46 bits per heavy atom. The van der Waals surface area contributed by atoms with Crippen molar-refractivity contribution in [3.05, 3.63) is 0 Å². The van der Waals surface area contributed by atoms with E-state index in [2.05, 4.69) is 12.2 Å². The van der Waals surface area contributed by atoms with Crippen LogP contribution in [-0.4, -0.2) is 31.2 Å². The lowest BCUT2D eigenvalue weighted by Crippen LogP contribution is -2.54. The Morgan fingerprint density at radius 3 is 3.00 bits per heavy atom. The zero-order valence-electron chi connectivity index (χ0n) is 8.14. The van der Waals surface area contributed by atoms with Crippen molar-refractivity contribution in [1.82, 2.24) is 5.32 Å². The van der Waals surface area contributed by atoms with Crippen molar-refractivity contribution in [2.45, 2.75) is 31.7 Å². The van der Waals surface area contributed by atoms with Crippen LogP contribution in [-0.2, 0) is 9.53 Å². The molecule has 0 saturated carbocycles. The van der Waals surface area contributed by atoms with Gasteiger partial charge in [0.1, 0.15) is 5.54 Å². The molecule has 1 amide bonds. The molecule has 76 valence electrons. The molecule has 0 spiro atoms. The highest BCUT2D eigenvalue weighted by atomic mass is 16.5. The number of rotatable bonds is 4. The fourth-order valence-corrected chi connectivity index (χ4v) is 1.31. The van der Waals surface area contributed by atoms with Gasteiger partial charge in [-0.2, -0.15) is 0 Å². The summed E-state index contributed by atoms with van der Waals surface area (Å²) in [5.74, 6) is -0.0709. The van der Waals surface area contributed by atoms with Crippen molar-refractivity contribution >= 4 is 5.91 Å². The van der Waals surface area contributed by atoms with Gasteiger partial charge in [-0.25, -0.2) is 0 Å². The van der Waals surface area contributed by atoms with Gasteiger partial charge in [-0.05, 0) is 12.8 Å². The van der Waals surface area contributed by atoms with E-state index in [1.165, 1.54) is 0 Å². The summed E-state index contributed by atoms with van der Waals surface area (Å²) in [6, 6.07) is 0. The van der Waals surface area contributed by atoms with Crippen molar-refractivity contribution in [3.8, 4) is 0 Å². The second-order valence-electron chi connectivity index (χ2n) is 3.57. The zero-order chi connectivity index (χ0) is 9.73. The minimum atomic E-state index is -0.770. The van der Waals surface area contributed by atoms with Crippen molar-refractivity contribution in [2.24, 2.45) is 5.73 Å². The maximum absolute atomic E-state index is 11.5. The van der Waals surface area contributed by atoms with E-state index in [0.29, 0.717) is 26.2 Å². The second kappa shape index (κ2) is 4.58. The van der Waals surface area contributed by atoms with Crippen molar-refractivity contribution in [3.63, 3.8) is 0 Å². The molecule has 0 aliphatic carbocycles. The van der Waals surface area contributed by atoms with Crippen LogP contribution in [0.25, 0.3) is 0 Å². The molecule has 0 radical (unpaired) electrons. The Hall–Kier alpha value is -0.610. The number of nitrogens with two attached hydrogens (primary N) is 1. The highest BCUT2D eigenvalue weighted by Crippen LogP contribution is 2.15. The van der Waals surface area contributed by atoms with Crippen LogP contribution in [0, 0.1) is 0 Å². The van der Waals surface area contributed by atoms with Gasteiger partial charge in [0.15, 0.2) is 0 Å². The average molecular weight is 186 g/mol. The number of carbonyl (C=O) groups excluding carboxylic acids is 1. The molecule has 4 nitrogen and oxygen atoms in total. The first-order valence-corrected chi connectivity index (χ1v) is 4.84. The molecular weight excluding hydrogens is 168 g/mol. The topological polar surface area (TPSA) is 64.4 Å². The number of carbonyl (C=O) groups is 1. The molecule has 1 aliphatic heterocycles. The normalized spacial score (nSPS) is 27.5. The Kier molecular flexibility index (Phi) is 3.69. The molecule has 1 heterocycles. The first-order valence-electron chi connectivity index (χ1n) is 4.84. The molecule has 1 rings (SSSR count). The Morgan fingerprint density at radius 1 is 1.69 bits per heavy atom. The van der Waals surface area contributed by atoms with E-state index in [9.17, 15) is 4.79 Å². The van der Waals surface area contributed by atoms with Crippen molar-refractivity contribution in [1.29, 1.82) is 0 Å². The van der Waals surface area contributed by atoms with E-state index in [-0.39, 0.29) is 5.91 Å². The third kappa shape index (κ3) is 2.67. The molecule has 4 heteroatoms. The SMILES string of the molecule is CCCCNC(=O)C1(N)CCOC1. The quantitative estimate of drug-likeness (QED) is 0.608. The molecule has 1 atom stereocenters. The Bertz CT molecular complexity index is 176. The van der Waals surface area contributed by atoms with E-state index in [1.54, 1.807) is 0 Å². The predicted molar refractivity (Wildman–Crippen MR) is 50.3 cm³/mol. The monoisotopic (exact) mass is 186 g/mol. The minimum Gasteiger partial charge on any atom is -0.379 e. The third-order valence-electron chi connectivity index (χ3n) is 2.32. The molecule has 3 N–H and O–H groups in total. The first-order chi connectivity index (χ1) is 6.19. The number of amides is 1. The second-order valence-corrected chi connectivity index (χ2v) is 3.57. The van der Waals surface area contributed by atoms with Crippen LogP contribution in [0.4, 0.5) is 0 Å². The molecule has 1 saturated heterocycles. The molecule has 1 fully saturated rings. The summed E-state index contributed by atoms with van der Waals surface area (Å²) in [7, 11) is 0. The molecule has 13 heavy (non-hydrogen) atoms. The van der Waals surface area contributed by atoms with Gasteiger partial charge in [0.2, 0.25) is 5.91 Å².